The fourth-order valence-corrected chi connectivity index (χ4v) is 2.73. The molecular weight excluding hydrogens is 362 g/mol. The van der Waals surface area contributed by atoms with Crippen LogP contribution in [0.15, 0.2) is 39.6 Å². The van der Waals surface area contributed by atoms with Gasteiger partial charge >= 0.3 is 5.97 Å². The third-order valence-electron chi connectivity index (χ3n) is 3.54. The Morgan fingerprint density at radius 1 is 1.35 bits per heavy atom. The molecule has 0 fully saturated rings. The van der Waals surface area contributed by atoms with Crippen LogP contribution in [0.1, 0.15) is 11.4 Å². The van der Waals surface area contributed by atoms with Gasteiger partial charge in [-0.1, -0.05) is 28.1 Å². The van der Waals surface area contributed by atoms with Gasteiger partial charge in [0.25, 0.3) is 5.56 Å². The van der Waals surface area contributed by atoms with Gasteiger partial charge in [-0.3, -0.25) is 14.7 Å². The maximum atomic E-state index is 12.3. The lowest BCUT2D eigenvalue weighted by Crippen LogP contribution is -2.17. The molecule has 23 heavy (non-hydrogen) atoms. The van der Waals surface area contributed by atoms with Crippen molar-refractivity contribution >= 4 is 27.5 Å². The lowest BCUT2D eigenvalue weighted by Gasteiger charge is -2.03. The third kappa shape index (κ3) is 2.92. The highest BCUT2D eigenvalue weighted by molar-refractivity contribution is 9.10. The summed E-state index contributed by atoms with van der Waals surface area (Å²) in [5.74, 6) is -0.432. The number of fused-ring (bicyclic) bond motifs is 1. The molecule has 118 valence electrons. The lowest BCUT2D eigenvalue weighted by molar-refractivity contribution is -0.139. The number of carbonyl (C=O) groups is 1. The van der Waals surface area contributed by atoms with Crippen molar-refractivity contribution < 1.29 is 9.53 Å². The van der Waals surface area contributed by atoms with Crippen molar-refractivity contribution in [3.63, 3.8) is 0 Å². The van der Waals surface area contributed by atoms with Crippen molar-refractivity contribution in [1.82, 2.24) is 14.6 Å². The van der Waals surface area contributed by atoms with Crippen LogP contribution in [0.3, 0.4) is 0 Å². The average Bonchev–Trinajstić information content (AvgIpc) is 2.85. The van der Waals surface area contributed by atoms with Gasteiger partial charge in [-0.2, -0.15) is 0 Å². The van der Waals surface area contributed by atoms with E-state index in [1.165, 1.54) is 17.7 Å². The quantitative estimate of drug-likeness (QED) is 0.713. The molecule has 0 atom stereocenters. The molecule has 0 radical (unpaired) electrons. The van der Waals surface area contributed by atoms with Crippen molar-refractivity contribution in [2.75, 3.05) is 7.11 Å². The minimum absolute atomic E-state index is 0.0355. The molecule has 2 aromatic heterocycles. The van der Waals surface area contributed by atoms with Gasteiger partial charge in [0, 0.05) is 21.8 Å². The molecular formula is C16H14BrN3O3. The second-order valence-corrected chi connectivity index (χ2v) is 6.03. The largest absolute Gasteiger partial charge is 0.469 e. The van der Waals surface area contributed by atoms with Crippen LogP contribution >= 0.6 is 15.9 Å². The summed E-state index contributed by atoms with van der Waals surface area (Å²) >= 11 is 3.41. The fraction of sp³-hybridized carbons (Fsp3) is 0.188. The van der Waals surface area contributed by atoms with E-state index in [0.29, 0.717) is 11.3 Å². The van der Waals surface area contributed by atoms with Crippen LogP contribution in [0, 0.1) is 6.92 Å². The van der Waals surface area contributed by atoms with Gasteiger partial charge < -0.3 is 4.74 Å². The monoisotopic (exact) mass is 375 g/mol. The summed E-state index contributed by atoms with van der Waals surface area (Å²) in [5.41, 5.74) is 3.22. The first-order valence-corrected chi connectivity index (χ1v) is 7.73. The molecule has 0 saturated carbocycles. The second-order valence-electron chi connectivity index (χ2n) is 5.12. The Kier molecular flexibility index (Phi) is 4.04. The van der Waals surface area contributed by atoms with Gasteiger partial charge in [0.05, 0.1) is 19.2 Å². The van der Waals surface area contributed by atoms with Gasteiger partial charge in [0.15, 0.2) is 5.65 Å². The smallest absolute Gasteiger partial charge is 0.311 e. The SMILES string of the molecule is COC(=O)Cc1cc(=O)n2[nH]c(C)c(-c3ccc(Br)cc3)c2n1. The topological polar surface area (TPSA) is 76.5 Å². The van der Waals surface area contributed by atoms with Crippen molar-refractivity contribution in [2.45, 2.75) is 13.3 Å². The number of halogens is 1. The van der Waals surface area contributed by atoms with E-state index < -0.39 is 5.97 Å². The number of nitrogens with zero attached hydrogens (tertiary/aromatic N) is 2. The van der Waals surface area contributed by atoms with Crippen LogP contribution in [0.5, 0.6) is 0 Å². The van der Waals surface area contributed by atoms with E-state index in [1.54, 1.807) is 0 Å². The van der Waals surface area contributed by atoms with E-state index in [0.717, 1.165) is 21.3 Å². The summed E-state index contributed by atoms with van der Waals surface area (Å²) in [6, 6.07) is 9.08. The fourth-order valence-electron chi connectivity index (χ4n) is 2.47. The standard InChI is InChI=1S/C16H14BrN3O3/c1-9-15(10-3-5-11(17)6-4-10)16-18-12(8-14(22)23-2)7-13(21)20(16)19-9/h3-7,19H,8H2,1-2H3. The molecule has 0 amide bonds. The number of methoxy groups -OCH3 is 1. The number of ether oxygens (including phenoxy) is 1. The Labute approximate surface area is 140 Å². The van der Waals surface area contributed by atoms with Gasteiger partial charge in [-0.15, -0.1) is 0 Å². The summed E-state index contributed by atoms with van der Waals surface area (Å²) in [6.07, 6.45) is -0.0355. The Morgan fingerprint density at radius 2 is 2.04 bits per heavy atom. The van der Waals surface area contributed by atoms with E-state index >= 15 is 0 Å². The molecule has 3 aromatic rings. The Bertz CT molecular complexity index is 942. The molecule has 0 aliphatic carbocycles. The van der Waals surface area contributed by atoms with E-state index in [-0.39, 0.29) is 12.0 Å². The van der Waals surface area contributed by atoms with Gasteiger partial charge in [0.1, 0.15) is 0 Å². The van der Waals surface area contributed by atoms with Crippen molar-refractivity contribution in [3.8, 4) is 11.1 Å². The minimum Gasteiger partial charge on any atom is -0.469 e. The van der Waals surface area contributed by atoms with E-state index in [2.05, 4.69) is 30.7 Å². The Hall–Kier alpha value is -2.41. The van der Waals surface area contributed by atoms with E-state index in [9.17, 15) is 9.59 Å². The van der Waals surface area contributed by atoms with Crippen LogP contribution < -0.4 is 5.56 Å². The van der Waals surface area contributed by atoms with Crippen molar-refractivity contribution in [3.05, 3.63) is 56.5 Å². The maximum absolute atomic E-state index is 12.3. The van der Waals surface area contributed by atoms with E-state index in [1.807, 2.05) is 31.2 Å². The molecule has 3 rings (SSSR count). The third-order valence-corrected chi connectivity index (χ3v) is 4.06. The number of H-pyrrole nitrogens is 1. The first kappa shape index (κ1) is 15.5. The molecule has 0 bridgehead atoms. The van der Waals surface area contributed by atoms with Crippen LogP contribution in [-0.4, -0.2) is 27.7 Å². The summed E-state index contributed by atoms with van der Waals surface area (Å²) < 4.78 is 6.99. The zero-order valence-corrected chi connectivity index (χ0v) is 14.2. The lowest BCUT2D eigenvalue weighted by atomic mass is 10.1. The molecule has 2 heterocycles. The molecule has 0 unspecified atom stereocenters. The number of benzene rings is 1. The molecule has 1 aromatic carbocycles. The molecule has 0 aliphatic rings. The molecule has 0 saturated heterocycles. The highest BCUT2D eigenvalue weighted by atomic mass is 79.9. The summed E-state index contributed by atoms with van der Waals surface area (Å²) in [7, 11) is 1.31. The summed E-state index contributed by atoms with van der Waals surface area (Å²) in [6.45, 7) is 1.88. The van der Waals surface area contributed by atoms with Crippen LogP contribution in [0.25, 0.3) is 16.8 Å². The number of aryl methyl sites for hydroxylation is 1. The highest BCUT2D eigenvalue weighted by Gasteiger charge is 2.15. The first-order chi connectivity index (χ1) is 11.0. The van der Waals surface area contributed by atoms with Crippen molar-refractivity contribution in [2.24, 2.45) is 0 Å². The highest BCUT2D eigenvalue weighted by Crippen LogP contribution is 2.27. The number of aromatic amines is 1. The second kappa shape index (κ2) is 6.00. The van der Waals surface area contributed by atoms with Gasteiger partial charge in [0.2, 0.25) is 0 Å². The number of nitrogens with one attached hydrogen (secondary N) is 1. The first-order valence-electron chi connectivity index (χ1n) is 6.93. The van der Waals surface area contributed by atoms with Crippen LogP contribution in [0.2, 0.25) is 0 Å². The number of rotatable bonds is 3. The Balaban J connectivity index is 2.21. The summed E-state index contributed by atoms with van der Waals surface area (Å²) in [4.78, 5) is 28.2. The minimum atomic E-state index is -0.432. The van der Waals surface area contributed by atoms with Crippen LogP contribution in [0.4, 0.5) is 0 Å². The molecule has 0 spiro atoms. The van der Waals surface area contributed by atoms with Crippen LogP contribution in [-0.2, 0) is 16.0 Å². The molecule has 1 N–H and O–H groups in total. The van der Waals surface area contributed by atoms with Gasteiger partial charge in [-0.25, -0.2) is 9.50 Å². The Morgan fingerprint density at radius 3 is 2.70 bits per heavy atom. The molecule has 7 heteroatoms. The molecule has 6 nitrogen and oxygen atoms in total. The normalized spacial score (nSPS) is 10.9. The maximum Gasteiger partial charge on any atom is 0.311 e. The zero-order chi connectivity index (χ0) is 16.6. The van der Waals surface area contributed by atoms with Gasteiger partial charge in [-0.05, 0) is 24.6 Å². The number of aromatic nitrogens is 3. The predicted octanol–water partition coefficient (Wildman–Crippen LogP) is 2.48. The number of hydrogen-bond donors (Lipinski definition) is 1. The average molecular weight is 376 g/mol. The van der Waals surface area contributed by atoms with Crippen molar-refractivity contribution in [1.29, 1.82) is 0 Å². The zero-order valence-electron chi connectivity index (χ0n) is 12.6. The predicted molar refractivity (Wildman–Crippen MR) is 89.4 cm³/mol. The summed E-state index contributed by atoms with van der Waals surface area (Å²) in [5, 5.41) is 3.02. The molecule has 0 aliphatic heterocycles. The van der Waals surface area contributed by atoms with E-state index in [4.69, 9.17) is 0 Å². The number of hydrogen-bond acceptors (Lipinski definition) is 4. The number of carbonyl (C=O) groups excluding carboxylic acids is 1. The number of esters is 1.